The van der Waals surface area contributed by atoms with Crippen LogP contribution in [0.25, 0.3) is 0 Å². The van der Waals surface area contributed by atoms with Gasteiger partial charge in [0.25, 0.3) is 0 Å². The number of thioether (sulfide) groups is 1. The second kappa shape index (κ2) is 4.16. The van der Waals surface area contributed by atoms with Gasteiger partial charge in [-0.25, -0.2) is 0 Å². The molecule has 0 spiro atoms. The van der Waals surface area contributed by atoms with E-state index in [1.54, 1.807) is 11.8 Å². The highest BCUT2D eigenvalue weighted by Gasteiger charge is 2.24. The Morgan fingerprint density at radius 2 is 1.77 bits per heavy atom. The van der Waals surface area contributed by atoms with Crippen molar-refractivity contribution in [2.45, 2.75) is 36.5 Å². The number of benzene rings is 1. The van der Waals surface area contributed by atoms with Crippen molar-refractivity contribution in [2.24, 2.45) is 0 Å². The zero-order chi connectivity index (χ0) is 9.90. The summed E-state index contributed by atoms with van der Waals surface area (Å²) in [6, 6.07) is 10.2. The van der Waals surface area contributed by atoms with Crippen LogP contribution in [0.15, 0.2) is 35.2 Å². The van der Waals surface area contributed by atoms with Gasteiger partial charge in [-0.2, -0.15) is 0 Å². The molecule has 0 saturated heterocycles. The monoisotopic (exact) mass is 196 g/mol. The Bertz CT molecular complexity index is 254. The lowest BCUT2D eigenvalue weighted by Gasteiger charge is -2.27. The van der Waals surface area contributed by atoms with Crippen LogP contribution in [0.3, 0.4) is 0 Å². The summed E-state index contributed by atoms with van der Waals surface area (Å²) in [6.45, 7) is 5.93. The number of aliphatic hydroxyl groups excluding tert-OH is 1. The Hall–Kier alpha value is -0.470. The molecule has 0 heterocycles. The quantitative estimate of drug-likeness (QED) is 0.750. The maximum absolute atomic E-state index is 9.52. The summed E-state index contributed by atoms with van der Waals surface area (Å²) in [5.41, 5.74) is 0. The van der Waals surface area contributed by atoms with Gasteiger partial charge in [0, 0.05) is 9.64 Å². The lowest BCUT2D eigenvalue weighted by molar-refractivity contribution is 0.161. The molecule has 1 rings (SSSR count). The van der Waals surface area contributed by atoms with Crippen LogP contribution in [0.2, 0.25) is 0 Å². The molecular formula is C11H16OS. The first-order valence-corrected chi connectivity index (χ1v) is 5.26. The highest BCUT2D eigenvalue weighted by Crippen LogP contribution is 2.34. The van der Waals surface area contributed by atoms with Crippen LogP contribution in [0.4, 0.5) is 0 Å². The van der Waals surface area contributed by atoms with Crippen LogP contribution in [-0.4, -0.2) is 16.0 Å². The standard InChI is InChI=1S/C11H16OS/c1-9(12)11(2,3)13-10-7-5-4-6-8-10/h4-9,12H,1-3H3. The van der Waals surface area contributed by atoms with E-state index < -0.39 is 0 Å². The summed E-state index contributed by atoms with van der Waals surface area (Å²) < 4.78 is -0.124. The van der Waals surface area contributed by atoms with Gasteiger partial charge in [0.05, 0.1) is 6.10 Å². The molecule has 13 heavy (non-hydrogen) atoms. The van der Waals surface area contributed by atoms with E-state index in [0.29, 0.717) is 0 Å². The van der Waals surface area contributed by atoms with Crippen LogP contribution in [0.1, 0.15) is 20.8 Å². The molecule has 0 saturated carbocycles. The lowest BCUT2D eigenvalue weighted by Crippen LogP contribution is -2.29. The summed E-state index contributed by atoms with van der Waals surface area (Å²) in [7, 11) is 0. The molecule has 2 heteroatoms. The molecule has 0 aliphatic rings. The average molecular weight is 196 g/mol. The van der Waals surface area contributed by atoms with Gasteiger partial charge in [0.15, 0.2) is 0 Å². The minimum absolute atomic E-state index is 0.124. The van der Waals surface area contributed by atoms with Crippen LogP contribution >= 0.6 is 11.8 Å². The molecule has 0 amide bonds. The van der Waals surface area contributed by atoms with E-state index in [1.807, 2.05) is 25.1 Å². The Morgan fingerprint density at radius 1 is 1.23 bits per heavy atom. The predicted octanol–water partition coefficient (Wildman–Crippen LogP) is 2.94. The van der Waals surface area contributed by atoms with Gasteiger partial charge >= 0.3 is 0 Å². The molecular weight excluding hydrogens is 180 g/mol. The van der Waals surface area contributed by atoms with Gasteiger partial charge in [0.1, 0.15) is 0 Å². The molecule has 72 valence electrons. The van der Waals surface area contributed by atoms with E-state index in [9.17, 15) is 5.11 Å². The zero-order valence-electron chi connectivity index (χ0n) is 8.32. The first kappa shape index (κ1) is 10.6. The summed E-state index contributed by atoms with van der Waals surface area (Å²) >= 11 is 1.70. The molecule has 0 aliphatic carbocycles. The SMILES string of the molecule is CC(O)C(C)(C)Sc1ccccc1. The molecule has 0 aliphatic heterocycles. The van der Waals surface area contributed by atoms with Gasteiger partial charge < -0.3 is 5.11 Å². The summed E-state index contributed by atoms with van der Waals surface area (Å²) in [5.74, 6) is 0. The minimum atomic E-state index is -0.308. The van der Waals surface area contributed by atoms with Crippen molar-refractivity contribution < 1.29 is 5.11 Å². The highest BCUT2D eigenvalue weighted by molar-refractivity contribution is 8.00. The third-order valence-corrected chi connectivity index (χ3v) is 3.51. The number of hydrogen-bond donors (Lipinski definition) is 1. The highest BCUT2D eigenvalue weighted by atomic mass is 32.2. The molecule has 1 unspecified atom stereocenters. The molecule has 1 N–H and O–H groups in total. The first-order chi connectivity index (χ1) is 6.02. The van der Waals surface area contributed by atoms with Crippen LogP contribution in [-0.2, 0) is 0 Å². The van der Waals surface area contributed by atoms with Gasteiger partial charge in [0.2, 0.25) is 0 Å². The third-order valence-electron chi connectivity index (χ3n) is 2.13. The Morgan fingerprint density at radius 3 is 2.23 bits per heavy atom. The molecule has 1 atom stereocenters. The van der Waals surface area contributed by atoms with Gasteiger partial charge in [-0.05, 0) is 32.9 Å². The maximum atomic E-state index is 9.52. The van der Waals surface area contributed by atoms with Crippen molar-refractivity contribution in [3.05, 3.63) is 30.3 Å². The molecule has 1 aromatic carbocycles. The van der Waals surface area contributed by atoms with Gasteiger partial charge in [-0.1, -0.05) is 18.2 Å². The molecule has 1 nitrogen and oxygen atoms in total. The van der Waals surface area contributed by atoms with Crippen molar-refractivity contribution in [1.82, 2.24) is 0 Å². The number of rotatable bonds is 3. The van der Waals surface area contributed by atoms with Crippen LogP contribution < -0.4 is 0 Å². The second-order valence-corrected chi connectivity index (χ2v) is 5.42. The maximum Gasteiger partial charge on any atom is 0.0656 e. The average Bonchev–Trinajstić information content (AvgIpc) is 2.05. The fourth-order valence-corrected chi connectivity index (χ4v) is 1.95. The summed E-state index contributed by atoms with van der Waals surface area (Å²) in [5, 5.41) is 9.52. The minimum Gasteiger partial charge on any atom is -0.392 e. The Kier molecular flexibility index (Phi) is 3.40. The van der Waals surface area contributed by atoms with Crippen LogP contribution in [0.5, 0.6) is 0 Å². The van der Waals surface area contributed by atoms with E-state index in [2.05, 4.69) is 26.0 Å². The smallest absolute Gasteiger partial charge is 0.0656 e. The van der Waals surface area contributed by atoms with Gasteiger partial charge in [-0.15, -0.1) is 11.8 Å². The van der Waals surface area contributed by atoms with E-state index in [1.165, 1.54) is 4.90 Å². The summed E-state index contributed by atoms with van der Waals surface area (Å²) in [6.07, 6.45) is -0.308. The third kappa shape index (κ3) is 3.05. The molecule has 0 aromatic heterocycles. The van der Waals surface area contributed by atoms with Crippen LogP contribution in [0, 0.1) is 0 Å². The van der Waals surface area contributed by atoms with Crippen molar-refractivity contribution in [3.8, 4) is 0 Å². The van der Waals surface area contributed by atoms with E-state index in [4.69, 9.17) is 0 Å². The molecule has 0 fully saturated rings. The van der Waals surface area contributed by atoms with Crippen molar-refractivity contribution in [2.75, 3.05) is 0 Å². The van der Waals surface area contributed by atoms with E-state index >= 15 is 0 Å². The molecule has 0 radical (unpaired) electrons. The summed E-state index contributed by atoms with van der Waals surface area (Å²) in [4.78, 5) is 1.20. The molecule has 0 bridgehead atoms. The largest absolute Gasteiger partial charge is 0.392 e. The normalized spacial score (nSPS) is 14.2. The van der Waals surface area contributed by atoms with Crippen molar-refractivity contribution in [1.29, 1.82) is 0 Å². The predicted molar refractivity (Wildman–Crippen MR) is 58.1 cm³/mol. The van der Waals surface area contributed by atoms with E-state index in [-0.39, 0.29) is 10.9 Å². The zero-order valence-corrected chi connectivity index (χ0v) is 9.14. The number of aliphatic hydroxyl groups is 1. The van der Waals surface area contributed by atoms with Crippen molar-refractivity contribution >= 4 is 11.8 Å². The first-order valence-electron chi connectivity index (χ1n) is 4.44. The molecule has 1 aromatic rings. The number of hydrogen-bond acceptors (Lipinski definition) is 2. The fraction of sp³-hybridized carbons (Fsp3) is 0.455. The fourth-order valence-electron chi connectivity index (χ4n) is 0.878. The van der Waals surface area contributed by atoms with Crippen molar-refractivity contribution in [3.63, 3.8) is 0 Å². The topological polar surface area (TPSA) is 20.2 Å². The second-order valence-electron chi connectivity index (χ2n) is 3.69. The lowest BCUT2D eigenvalue weighted by atomic mass is 10.1. The Balaban J connectivity index is 2.69. The Labute approximate surface area is 84.2 Å². The van der Waals surface area contributed by atoms with E-state index in [0.717, 1.165) is 0 Å². The van der Waals surface area contributed by atoms with Gasteiger partial charge in [-0.3, -0.25) is 0 Å².